The third-order valence-electron chi connectivity index (χ3n) is 4.36. The lowest BCUT2D eigenvalue weighted by Crippen LogP contribution is -2.30. The fourth-order valence-corrected chi connectivity index (χ4v) is 2.46. The average molecular weight is 360 g/mol. The molecule has 2 N–H and O–H groups in total. The second kappa shape index (κ2) is 9.17. The Morgan fingerprint density at radius 3 is 1.46 bits per heavy atom. The topological polar surface area (TPSA) is 93.8 Å². The van der Waals surface area contributed by atoms with Gasteiger partial charge in [0.2, 0.25) is 0 Å². The molecule has 0 aliphatic heterocycles. The molecular formula is C18H28N6O2. The van der Waals surface area contributed by atoms with Crippen LogP contribution >= 0.6 is 0 Å². The Morgan fingerprint density at radius 1 is 0.769 bits per heavy atom. The molecule has 0 saturated heterocycles. The second-order valence-corrected chi connectivity index (χ2v) is 6.56. The molecule has 0 aromatic carbocycles. The van der Waals surface area contributed by atoms with Crippen LogP contribution in [0.1, 0.15) is 48.2 Å². The maximum atomic E-state index is 11.9. The third kappa shape index (κ3) is 5.44. The molecule has 26 heavy (non-hydrogen) atoms. The standard InChI is InChI=1S/C18H28N6O2/c1-13-11-23(21-15(13)3)17(25)19-9-7-5-6-8-10-20-18(26)24-12-14(2)16(4)22-24/h11-12H,5-10H2,1-4H3,(H,19,25)(H,20,26). The third-order valence-corrected chi connectivity index (χ3v) is 4.36. The van der Waals surface area contributed by atoms with Crippen LogP contribution < -0.4 is 10.6 Å². The van der Waals surface area contributed by atoms with Gasteiger partial charge in [0.1, 0.15) is 0 Å². The minimum atomic E-state index is -0.196. The Kier molecular flexibility index (Phi) is 6.94. The number of rotatable bonds is 7. The highest BCUT2D eigenvalue weighted by Crippen LogP contribution is 2.04. The SMILES string of the molecule is Cc1cn(C(=O)NCCCCCCNC(=O)n2cc(C)c(C)n2)nc1C. The van der Waals surface area contributed by atoms with E-state index in [1.54, 1.807) is 12.4 Å². The van der Waals surface area contributed by atoms with Gasteiger partial charge in [0.05, 0.1) is 11.4 Å². The highest BCUT2D eigenvalue weighted by atomic mass is 16.2. The van der Waals surface area contributed by atoms with Gasteiger partial charge >= 0.3 is 12.1 Å². The first-order valence-electron chi connectivity index (χ1n) is 9.00. The van der Waals surface area contributed by atoms with Crippen molar-refractivity contribution in [3.63, 3.8) is 0 Å². The van der Waals surface area contributed by atoms with Gasteiger partial charge in [0, 0.05) is 25.5 Å². The van der Waals surface area contributed by atoms with Crippen LogP contribution in [0, 0.1) is 27.7 Å². The Bertz CT molecular complexity index is 659. The summed E-state index contributed by atoms with van der Waals surface area (Å²) in [5.41, 5.74) is 3.73. The van der Waals surface area contributed by atoms with Crippen LogP contribution in [0.2, 0.25) is 0 Å². The molecule has 0 spiro atoms. The van der Waals surface area contributed by atoms with Gasteiger partial charge in [-0.2, -0.15) is 19.6 Å². The molecule has 0 fully saturated rings. The Balaban J connectivity index is 1.53. The predicted octanol–water partition coefficient (Wildman–Crippen LogP) is 2.69. The summed E-state index contributed by atoms with van der Waals surface area (Å²) in [6.45, 7) is 8.86. The molecule has 142 valence electrons. The number of nitrogens with zero attached hydrogens (tertiary/aromatic N) is 4. The van der Waals surface area contributed by atoms with Crippen molar-refractivity contribution >= 4 is 12.1 Å². The molecule has 0 atom stereocenters. The number of amides is 2. The van der Waals surface area contributed by atoms with Gasteiger partial charge in [-0.1, -0.05) is 12.8 Å². The highest BCUT2D eigenvalue weighted by molar-refractivity contribution is 5.76. The number of aryl methyl sites for hydroxylation is 4. The van der Waals surface area contributed by atoms with Gasteiger partial charge in [-0.15, -0.1) is 0 Å². The van der Waals surface area contributed by atoms with Crippen LogP contribution in [0.15, 0.2) is 12.4 Å². The average Bonchev–Trinajstić information content (AvgIpc) is 3.12. The van der Waals surface area contributed by atoms with Crippen LogP contribution in [0.5, 0.6) is 0 Å². The molecule has 2 aromatic rings. The van der Waals surface area contributed by atoms with Crippen molar-refractivity contribution in [1.82, 2.24) is 30.2 Å². The van der Waals surface area contributed by atoms with Crippen molar-refractivity contribution in [1.29, 1.82) is 0 Å². The van der Waals surface area contributed by atoms with E-state index in [1.807, 2.05) is 27.7 Å². The van der Waals surface area contributed by atoms with Crippen molar-refractivity contribution in [2.75, 3.05) is 13.1 Å². The zero-order chi connectivity index (χ0) is 19.1. The van der Waals surface area contributed by atoms with Gasteiger partial charge in [-0.05, 0) is 51.7 Å². The minimum absolute atomic E-state index is 0.196. The van der Waals surface area contributed by atoms with Crippen molar-refractivity contribution < 1.29 is 9.59 Å². The van der Waals surface area contributed by atoms with Gasteiger partial charge in [0.15, 0.2) is 0 Å². The van der Waals surface area contributed by atoms with E-state index < -0.39 is 0 Å². The van der Waals surface area contributed by atoms with Crippen LogP contribution in [0.4, 0.5) is 9.59 Å². The number of unbranched alkanes of at least 4 members (excludes halogenated alkanes) is 3. The largest absolute Gasteiger partial charge is 0.342 e. The summed E-state index contributed by atoms with van der Waals surface area (Å²) in [6, 6.07) is -0.392. The van der Waals surface area contributed by atoms with Crippen molar-refractivity contribution in [3.8, 4) is 0 Å². The number of hydrogen-bond acceptors (Lipinski definition) is 4. The molecule has 2 amide bonds. The van der Waals surface area contributed by atoms with Crippen molar-refractivity contribution in [3.05, 3.63) is 34.9 Å². The van der Waals surface area contributed by atoms with Gasteiger partial charge in [0.25, 0.3) is 0 Å². The first kappa shape index (κ1) is 19.7. The summed E-state index contributed by atoms with van der Waals surface area (Å²) in [5.74, 6) is 0. The summed E-state index contributed by atoms with van der Waals surface area (Å²) in [7, 11) is 0. The quantitative estimate of drug-likeness (QED) is 0.742. The van der Waals surface area contributed by atoms with Crippen LogP contribution in [-0.4, -0.2) is 44.7 Å². The second-order valence-electron chi connectivity index (χ2n) is 6.56. The molecule has 2 heterocycles. The lowest BCUT2D eigenvalue weighted by Gasteiger charge is -2.06. The van der Waals surface area contributed by atoms with E-state index in [2.05, 4.69) is 20.8 Å². The Morgan fingerprint density at radius 2 is 1.15 bits per heavy atom. The molecule has 8 nitrogen and oxygen atoms in total. The van der Waals surface area contributed by atoms with Crippen molar-refractivity contribution in [2.24, 2.45) is 0 Å². The molecule has 2 rings (SSSR count). The summed E-state index contributed by atoms with van der Waals surface area (Å²) in [4.78, 5) is 23.8. The normalized spacial score (nSPS) is 10.8. The number of carbonyl (C=O) groups is 2. The highest BCUT2D eigenvalue weighted by Gasteiger charge is 2.08. The summed E-state index contributed by atoms with van der Waals surface area (Å²) in [6.07, 6.45) is 7.25. The minimum Gasteiger partial charge on any atom is -0.336 e. The summed E-state index contributed by atoms with van der Waals surface area (Å²) in [5, 5.41) is 14.0. The lowest BCUT2D eigenvalue weighted by molar-refractivity contribution is 0.238. The van der Waals surface area contributed by atoms with E-state index >= 15 is 0 Å². The zero-order valence-corrected chi connectivity index (χ0v) is 16.0. The van der Waals surface area contributed by atoms with Crippen LogP contribution in [0.25, 0.3) is 0 Å². The number of nitrogens with one attached hydrogen (secondary N) is 2. The van der Waals surface area contributed by atoms with E-state index in [4.69, 9.17) is 0 Å². The molecule has 0 aliphatic rings. The number of aromatic nitrogens is 4. The smallest absolute Gasteiger partial charge is 0.336 e. The molecule has 8 heteroatoms. The fraction of sp³-hybridized carbons (Fsp3) is 0.556. The maximum Gasteiger partial charge on any atom is 0.342 e. The van der Waals surface area contributed by atoms with Crippen molar-refractivity contribution in [2.45, 2.75) is 53.4 Å². The fourth-order valence-electron chi connectivity index (χ4n) is 2.46. The summed E-state index contributed by atoms with van der Waals surface area (Å²) >= 11 is 0. The first-order chi connectivity index (χ1) is 12.4. The Hall–Kier alpha value is -2.64. The predicted molar refractivity (Wildman–Crippen MR) is 99.5 cm³/mol. The van der Waals surface area contributed by atoms with E-state index in [0.717, 1.165) is 48.2 Å². The number of hydrogen-bond donors (Lipinski definition) is 2. The molecule has 0 bridgehead atoms. The van der Waals surface area contributed by atoms with Gasteiger partial charge in [-0.3, -0.25) is 0 Å². The molecular weight excluding hydrogens is 332 g/mol. The van der Waals surface area contributed by atoms with Gasteiger partial charge < -0.3 is 10.6 Å². The number of carbonyl (C=O) groups excluding carboxylic acids is 2. The molecule has 0 aliphatic carbocycles. The summed E-state index contributed by atoms with van der Waals surface area (Å²) < 4.78 is 2.69. The van der Waals surface area contributed by atoms with Crippen LogP contribution in [0.3, 0.4) is 0 Å². The van der Waals surface area contributed by atoms with Gasteiger partial charge in [-0.25, -0.2) is 9.59 Å². The molecule has 0 unspecified atom stereocenters. The van der Waals surface area contributed by atoms with E-state index in [0.29, 0.717) is 13.1 Å². The monoisotopic (exact) mass is 360 g/mol. The maximum absolute atomic E-state index is 11.9. The van der Waals surface area contributed by atoms with Crippen LogP contribution in [-0.2, 0) is 0 Å². The van der Waals surface area contributed by atoms with E-state index in [1.165, 1.54) is 9.36 Å². The van der Waals surface area contributed by atoms with E-state index in [9.17, 15) is 9.59 Å². The molecule has 0 saturated carbocycles. The Labute approximate surface area is 154 Å². The molecule has 2 aromatic heterocycles. The lowest BCUT2D eigenvalue weighted by atomic mass is 10.2. The first-order valence-corrected chi connectivity index (χ1v) is 9.00. The van der Waals surface area contributed by atoms with E-state index in [-0.39, 0.29) is 12.1 Å². The molecule has 0 radical (unpaired) electrons. The zero-order valence-electron chi connectivity index (χ0n) is 16.0.